The second-order valence-corrected chi connectivity index (χ2v) is 4.51. The zero-order valence-electron chi connectivity index (χ0n) is 10.5. The Labute approximate surface area is 119 Å². The number of aryl methyl sites for hydroxylation is 1. The summed E-state index contributed by atoms with van der Waals surface area (Å²) >= 11 is 5.68. The molecule has 0 radical (unpaired) electrons. The molecule has 1 aromatic carbocycles. The molecule has 5 nitrogen and oxygen atoms in total. The van der Waals surface area contributed by atoms with Crippen LogP contribution in [0.25, 0.3) is 0 Å². The molecule has 2 rings (SSSR count). The molecule has 0 aliphatic heterocycles. The minimum Gasteiger partial charge on any atom is -0.478 e. The van der Waals surface area contributed by atoms with Gasteiger partial charge in [-0.1, -0.05) is 17.7 Å². The van der Waals surface area contributed by atoms with Crippen LogP contribution in [0.4, 0.5) is 10.3 Å². The second-order valence-electron chi connectivity index (χ2n) is 4.10. The lowest BCUT2D eigenvalue weighted by Crippen LogP contribution is -2.08. The number of carbonyl (C=O) groups is 1. The monoisotopic (exact) mass is 295 g/mol. The molecule has 2 aromatic rings. The number of nitrogens with zero attached hydrogens (tertiary/aromatic N) is 2. The zero-order valence-corrected chi connectivity index (χ0v) is 11.3. The average Bonchev–Trinajstić information content (AvgIpc) is 2.40. The predicted molar refractivity (Wildman–Crippen MR) is 72.5 cm³/mol. The molecule has 0 saturated carbocycles. The van der Waals surface area contributed by atoms with Crippen LogP contribution in [-0.4, -0.2) is 21.0 Å². The summed E-state index contributed by atoms with van der Waals surface area (Å²) in [6, 6.07) is 4.37. The number of rotatable bonds is 4. The van der Waals surface area contributed by atoms with Crippen molar-refractivity contribution in [2.75, 3.05) is 5.32 Å². The van der Waals surface area contributed by atoms with E-state index in [1.54, 1.807) is 13.0 Å². The summed E-state index contributed by atoms with van der Waals surface area (Å²) in [6.07, 6.45) is 1.24. The SMILES string of the molecule is Cc1nc(NCc2ccc(F)c(Cl)c2)ncc1C(=O)O. The number of halogens is 2. The Bertz CT molecular complexity index is 664. The van der Waals surface area contributed by atoms with E-state index in [4.69, 9.17) is 16.7 Å². The van der Waals surface area contributed by atoms with Crippen molar-refractivity contribution < 1.29 is 14.3 Å². The molecule has 1 heterocycles. The molecule has 0 saturated heterocycles. The van der Waals surface area contributed by atoms with Crippen molar-refractivity contribution in [1.82, 2.24) is 9.97 Å². The van der Waals surface area contributed by atoms with E-state index in [0.717, 1.165) is 5.56 Å². The predicted octanol–water partition coefficient (Wildman–Crippen LogP) is 2.89. The summed E-state index contributed by atoms with van der Waals surface area (Å²) in [6.45, 7) is 1.94. The molecule has 0 bridgehead atoms. The van der Waals surface area contributed by atoms with E-state index < -0.39 is 11.8 Å². The van der Waals surface area contributed by atoms with Crippen LogP contribution in [0.5, 0.6) is 0 Å². The van der Waals surface area contributed by atoms with Crippen LogP contribution in [0.15, 0.2) is 24.4 Å². The molecule has 0 spiro atoms. The fourth-order valence-electron chi connectivity index (χ4n) is 1.59. The summed E-state index contributed by atoms with van der Waals surface area (Å²) in [5.41, 5.74) is 1.19. The highest BCUT2D eigenvalue weighted by atomic mass is 35.5. The molecule has 0 atom stereocenters. The van der Waals surface area contributed by atoms with Gasteiger partial charge in [-0.15, -0.1) is 0 Å². The van der Waals surface area contributed by atoms with Crippen LogP contribution in [0, 0.1) is 12.7 Å². The maximum atomic E-state index is 13.0. The van der Waals surface area contributed by atoms with Gasteiger partial charge >= 0.3 is 5.97 Å². The number of aromatic carboxylic acids is 1. The van der Waals surface area contributed by atoms with Gasteiger partial charge in [-0.2, -0.15) is 0 Å². The Kier molecular flexibility index (Phi) is 4.14. The normalized spacial score (nSPS) is 10.3. The van der Waals surface area contributed by atoms with Crippen LogP contribution in [0.1, 0.15) is 21.6 Å². The van der Waals surface area contributed by atoms with E-state index in [9.17, 15) is 9.18 Å². The van der Waals surface area contributed by atoms with Crippen molar-refractivity contribution in [2.24, 2.45) is 0 Å². The van der Waals surface area contributed by atoms with Gasteiger partial charge in [0.05, 0.1) is 16.3 Å². The number of benzene rings is 1. The lowest BCUT2D eigenvalue weighted by atomic mass is 10.2. The molecular weight excluding hydrogens is 285 g/mol. The van der Waals surface area contributed by atoms with Gasteiger partial charge in [-0.05, 0) is 24.6 Å². The van der Waals surface area contributed by atoms with E-state index in [2.05, 4.69) is 15.3 Å². The van der Waals surface area contributed by atoms with Crippen molar-refractivity contribution in [2.45, 2.75) is 13.5 Å². The first-order valence-corrected chi connectivity index (χ1v) is 6.10. The molecule has 0 amide bonds. The first-order valence-electron chi connectivity index (χ1n) is 5.72. The average molecular weight is 296 g/mol. The van der Waals surface area contributed by atoms with E-state index in [-0.39, 0.29) is 10.6 Å². The van der Waals surface area contributed by atoms with Gasteiger partial charge in [0, 0.05) is 12.7 Å². The molecule has 2 N–H and O–H groups in total. The van der Waals surface area contributed by atoms with E-state index >= 15 is 0 Å². The second kappa shape index (κ2) is 5.83. The Balaban J connectivity index is 2.09. The molecule has 20 heavy (non-hydrogen) atoms. The van der Waals surface area contributed by atoms with E-state index in [0.29, 0.717) is 18.2 Å². The van der Waals surface area contributed by atoms with Crippen molar-refractivity contribution in [3.05, 3.63) is 52.1 Å². The third-order valence-corrected chi connectivity index (χ3v) is 2.93. The van der Waals surface area contributed by atoms with Crippen LogP contribution in [0.2, 0.25) is 5.02 Å². The van der Waals surface area contributed by atoms with Gasteiger partial charge in [0.15, 0.2) is 0 Å². The molecule has 0 fully saturated rings. The lowest BCUT2D eigenvalue weighted by molar-refractivity contribution is 0.0695. The highest BCUT2D eigenvalue weighted by molar-refractivity contribution is 6.30. The van der Waals surface area contributed by atoms with Crippen LogP contribution < -0.4 is 5.32 Å². The number of carboxylic acid groups (broad SMARTS) is 1. The smallest absolute Gasteiger partial charge is 0.339 e. The van der Waals surface area contributed by atoms with Crippen LogP contribution in [0.3, 0.4) is 0 Å². The van der Waals surface area contributed by atoms with Gasteiger partial charge in [0.2, 0.25) is 5.95 Å². The Morgan fingerprint density at radius 3 is 2.85 bits per heavy atom. The molecule has 0 aliphatic rings. The van der Waals surface area contributed by atoms with Crippen LogP contribution in [-0.2, 0) is 6.54 Å². The Morgan fingerprint density at radius 2 is 2.25 bits per heavy atom. The summed E-state index contributed by atoms with van der Waals surface area (Å²) in [7, 11) is 0. The first kappa shape index (κ1) is 14.2. The zero-order chi connectivity index (χ0) is 14.7. The fourth-order valence-corrected chi connectivity index (χ4v) is 1.80. The number of carboxylic acids is 1. The number of aromatic nitrogens is 2. The van der Waals surface area contributed by atoms with Gasteiger partial charge in [-0.3, -0.25) is 0 Å². The first-order chi connectivity index (χ1) is 9.47. The molecule has 1 aromatic heterocycles. The summed E-state index contributed by atoms with van der Waals surface area (Å²) < 4.78 is 13.0. The summed E-state index contributed by atoms with van der Waals surface area (Å²) in [5, 5.41) is 11.8. The standard InChI is InChI=1S/C13H11ClFN3O2/c1-7-9(12(19)20)6-17-13(18-7)16-5-8-2-3-11(15)10(14)4-8/h2-4,6H,5H2,1H3,(H,19,20)(H,16,17,18). The highest BCUT2D eigenvalue weighted by Gasteiger charge is 2.09. The minimum atomic E-state index is -1.07. The fraction of sp³-hybridized carbons (Fsp3) is 0.154. The topological polar surface area (TPSA) is 75.1 Å². The number of nitrogens with one attached hydrogen (secondary N) is 1. The maximum absolute atomic E-state index is 13.0. The molecule has 0 unspecified atom stereocenters. The van der Waals surface area contributed by atoms with Crippen LogP contribution >= 0.6 is 11.6 Å². The molecule has 7 heteroatoms. The highest BCUT2D eigenvalue weighted by Crippen LogP contribution is 2.16. The summed E-state index contributed by atoms with van der Waals surface area (Å²) in [4.78, 5) is 18.8. The Morgan fingerprint density at radius 1 is 1.50 bits per heavy atom. The number of hydrogen-bond donors (Lipinski definition) is 2. The van der Waals surface area contributed by atoms with Gasteiger partial charge in [0.1, 0.15) is 5.82 Å². The lowest BCUT2D eigenvalue weighted by Gasteiger charge is -2.07. The molecule has 0 aliphatic carbocycles. The quantitative estimate of drug-likeness (QED) is 0.907. The Hall–Kier alpha value is -2.21. The molecular formula is C13H11ClFN3O2. The van der Waals surface area contributed by atoms with Gasteiger partial charge in [0.25, 0.3) is 0 Å². The third kappa shape index (κ3) is 3.21. The summed E-state index contributed by atoms with van der Waals surface area (Å²) in [5.74, 6) is -1.25. The minimum absolute atomic E-state index is 0.0441. The number of hydrogen-bond acceptors (Lipinski definition) is 4. The van der Waals surface area contributed by atoms with Gasteiger partial charge in [-0.25, -0.2) is 19.2 Å². The van der Waals surface area contributed by atoms with E-state index in [1.165, 1.54) is 18.3 Å². The van der Waals surface area contributed by atoms with E-state index in [1.807, 2.05) is 0 Å². The maximum Gasteiger partial charge on any atom is 0.339 e. The largest absolute Gasteiger partial charge is 0.478 e. The van der Waals surface area contributed by atoms with Crippen molar-refractivity contribution in [1.29, 1.82) is 0 Å². The van der Waals surface area contributed by atoms with Gasteiger partial charge < -0.3 is 10.4 Å². The number of anilines is 1. The molecule has 104 valence electrons. The third-order valence-electron chi connectivity index (χ3n) is 2.64. The van der Waals surface area contributed by atoms with Crippen molar-refractivity contribution >= 4 is 23.5 Å². The van der Waals surface area contributed by atoms with Crippen molar-refractivity contribution in [3.8, 4) is 0 Å². The van der Waals surface area contributed by atoms with Crippen molar-refractivity contribution in [3.63, 3.8) is 0 Å².